The van der Waals surface area contributed by atoms with Gasteiger partial charge < -0.3 is 15.0 Å². The first kappa shape index (κ1) is 30.4. The molecule has 3 aromatic rings. The van der Waals surface area contributed by atoms with Crippen LogP contribution in [0.5, 0.6) is 5.75 Å². The van der Waals surface area contributed by atoms with Crippen molar-refractivity contribution in [1.29, 1.82) is 0 Å². The van der Waals surface area contributed by atoms with E-state index in [1.807, 2.05) is 18.2 Å². The second kappa shape index (κ2) is 13.0. The Morgan fingerprint density at radius 3 is 2.12 bits per heavy atom. The maximum Gasteiger partial charge on any atom is 0.416 e. The van der Waals surface area contributed by atoms with E-state index in [-0.39, 0.29) is 11.6 Å². The summed E-state index contributed by atoms with van der Waals surface area (Å²) in [7, 11) is 1.50. The van der Waals surface area contributed by atoms with Crippen LogP contribution in [-0.2, 0) is 23.7 Å². The third-order valence-corrected chi connectivity index (χ3v) is 7.52. The van der Waals surface area contributed by atoms with Crippen molar-refractivity contribution in [2.24, 2.45) is 0 Å². The van der Waals surface area contributed by atoms with Crippen LogP contribution in [0.25, 0.3) is 0 Å². The number of carbonyl (C=O) groups excluding carboxylic acids is 1. The number of methoxy groups -OCH3 is 1. The zero-order valence-electron chi connectivity index (χ0n) is 22.6. The van der Waals surface area contributed by atoms with Crippen molar-refractivity contribution in [3.05, 3.63) is 101 Å². The SMILES string of the molecule is COc1cccc(C(CCN2CCC(c3ccccc3)CC2)C(=O)NCc2cc(C(F)(F)F)cc(C(F)(F)F)c2)c1. The number of piperidine rings is 1. The third kappa shape index (κ3) is 8.25. The van der Waals surface area contributed by atoms with Gasteiger partial charge in [0.25, 0.3) is 0 Å². The second-order valence-electron chi connectivity index (χ2n) is 10.3. The molecule has 1 fully saturated rings. The van der Waals surface area contributed by atoms with Gasteiger partial charge in [0.2, 0.25) is 5.91 Å². The fourth-order valence-electron chi connectivity index (χ4n) is 5.27. The number of benzene rings is 3. The van der Waals surface area contributed by atoms with E-state index in [1.54, 1.807) is 24.3 Å². The summed E-state index contributed by atoms with van der Waals surface area (Å²) in [5.41, 5.74) is -1.15. The summed E-state index contributed by atoms with van der Waals surface area (Å²) in [6.07, 6.45) is -7.53. The molecule has 1 heterocycles. The van der Waals surface area contributed by atoms with E-state index in [1.165, 1.54) is 12.7 Å². The molecule has 1 aliphatic heterocycles. The lowest BCUT2D eigenvalue weighted by Gasteiger charge is -2.33. The van der Waals surface area contributed by atoms with Crippen LogP contribution in [0.2, 0.25) is 0 Å². The number of rotatable bonds is 9. The number of hydrogen-bond donors (Lipinski definition) is 1. The maximum absolute atomic E-state index is 13.4. The summed E-state index contributed by atoms with van der Waals surface area (Å²) in [5.74, 6) is -0.149. The molecule has 0 radical (unpaired) electrons. The lowest BCUT2D eigenvalue weighted by atomic mass is 9.89. The van der Waals surface area contributed by atoms with Gasteiger partial charge in [0.15, 0.2) is 0 Å². The maximum atomic E-state index is 13.4. The van der Waals surface area contributed by atoms with E-state index >= 15 is 0 Å². The fourth-order valence-corrected chi connectivity index (χ4v) is 5.27. The van der Waals surface area contributed by atoms with Gasteiger partial charge in [0, 0.05) is 6.54 Å². The van der Waals surface area contributed by atoms with Crippen molar-refractivity contribution in [2.75, 3.05) is 26.7 Å². The van der Waals surface area contributed by atoms with E-state index in [4.69, 9.17) is 4.74 Å². The number of nitrogens with zero attached hydrogens (tertiary/aromatic N) is 1. The lowest BCUT2D eigenvalue weighted by Crippen LogP contribution is -2.36. The van der Waals surface area contributed by atoms with E-state index < -0.39 is 41.8 Å². The van der Waals surface area contributed by atoms with Gasteiger partial charge in [0.05, 0.1) is 24.2 Å². The number of alkyl halides is 6. The van der Waals surface area contributed by atoms with Crippen LogP contribution in [0, 0.1) is 0 Å². The van der Waals surface area contributed by atoms with Gasteiger partial charge in [-0.3, -0.25) is 4.79 Å². The Morgan fingerprint density at radius 1 is 0.902 bits per heavy atom. The molecule has 0 aliphatic carbocycles. The average molecular weight is 579 g/mol. The number of ether oxygens (including phenoxy) is 1. The molecule has 10 heteroatoms. The molecule has 41 heavy (non-hydrogen) atoms. The molecule has 220 valence electrons. The highest BCUT2D eigenvalue weighted by atomic mass is 19.4. The quantitative estimate of drug-likeness (QED) is 0.269. The van der Waals surface area contributed by atoms with E-state index in [0.717, 1.165) is 25.9 Å². The highest BCUT2D eigenvalue weighted by Gasteiger charge is 2.37. The van der Waals surface area contributed by atoms with E-state index in [9.17, 15) is 31.1 Å². The number of likely N-dealkylation sites (tertiary alicyclic amines) is 1. The summed E-state index contributed by atoms with van der Waals surface area (Å²) in [6, 6.07) is 18.6. The molecule has 0 bridgehead atoms. The standard InChI is InChI=1S/C31H32F6N2O2/c1-41-27-9-5-8-24(18-27)28(12-15-39-13-10-23(11-14-39)22-6-3-2-4-7-22)29(40)38-20-21-16-25(30(32,33)34)19-26(17-21)31(35,36)37/h2-9,16-19,23,28H,10-15,20H2,1H3,(H,38,40). The molecule has 1 N–H and O–H groups in total. The topological polar surface area (TPSA) is 41.6 Å². The Morgan fingerprint density at radius 2 is 1.54 bits per heavy atom. The molecule has 4 nitrogen and oxygen atoms in total. The fraction of sp³-hybridized carbons (Fsp3) is 0.387. The predicted molar refractivity (Wildman–Crippen MR) is 144 cm³/mol. The smallest absolute Gasteiger partial charge is 0.416 e. The monoisotopic (exact) mass is 578 g/mol. The Balaban J connectivity index is 1.46. The Labute approximate surface area is 235 Å². The lowest BCUT2D eigenvalue weighted by molar-refractivity contribution is -0.143. The van der Waals surface area contributed by atoms with Gasteiger partial charge in [0.1, 0.15) is 5.75 Å². The zero-order chi connectivity index (χ0) is 29.6. The van der Waals surface area contributed by atoms with Crippen LogP contribution in [-0.4, -0.2) is 37.6 Å². The van der Waals surface area contributed by atoms with Crippen LogP contribution in [0.15, 0.2) is 72.8 Å². The number of nitrogens with one attached hydrogen (secondary N) is 1. The van der Waals surface area contributed by atoms with Crippen molar-refractivity contribution < 1.29 is 35.9 Å². The van der Waals surface area contributed by atoms with Crippen molar-refractivity contribution in [3.8, 4) is 5.75 Å². The minimum atomic E-state index is -4.96. The van der Waals surface area contributed by atoms with Crippen LogP contribution < -0.4 is 10.1 Å². The zero-order valence-corrected chi connectivity index (χ0v) is 22.6. The van der Waals surface area contributed by atoms with Crippen molar-refractivity contribution in [2.45, 2.75) is 50.0 Å². The summed E-state index contributed by atoms with van der Waals surface area (Å²) >= 11 is 0. The molecule has 3 aromatic carbocycles. The third-order valence-electron chi connectivity index (χ3n) is 7.52. The summed E-state index contributed by atoms with van der Waals surface area (Å²) in [5, 5.41) is 2.58. The Kier molecular flexibility index (Phi) is 9.63. The van der Waals surface area contributed by atoms with Crippen LogP contribution in [0.3, 0.4) is 0 Å². The van der Waals surface area contributed by atoms with Crippen LogP contribution >= 0.6 is 0 Å². The highest BCUT2D eigenvalue weighted by molar-refractivity contribution is 5.83. The van der Waals surface area contributed by atoms with Crippen LogP contribution in [0.1, 0.15) is 58.9 Å². The second-order valence-corrected chi connectivity index (χ2v) is 10.3. The molecule has 0 aromatic heterocycles. The minimum Gasteiger partial charge on any atom is -0.497 e. The van der Waals surface area contributed by atoms with Gasteiger partial charge >= 0.3 is 12.4 Å². The molecule has 1 amide bonds. The number of halogens is 6. The largest absolute Gasteiger partial charge is 0.497 e. The molecular formula is C31H32F6N2O2. The molecule has 0 spiro atoms. The number of amides is 1. The average Bonchev–Trinajstić information content (AvgIpc) is 2.96. The van der Waals surface area contributed by atoms with Gasteiger partial charge in [-0.15, -0.1) is 0 Å². The van der Waals surface area contributed by atoms with Crippen molar-refractivity contribution in [3.63, 3.8) is 0 Å². The Bertz CT molecular complexity index is 1270. The highest BCUT2D eigenvalue weighted by Crippen LogP contribution is 2.36. The molecule has 1 unspecified atom stereocenters. The first-order valence-electron chi connectivity index (χ1n) is 13.4. The van der Waals surface area contributed by atoms with E-state index in [2.05, 4.69) is 22.3 Å². The summed E-state index contributed by atoms with van der Waals surface area (Å²) in [4.78, 5) is 15.7. The predicted octanol–water partition coefficient (Wildman–Crippen LogP) is 7.40. The molecule has 1 atom stereocenters. The molecule has 1 aliphatic rings. The van der Waals surface area contributed by atoms with Gasteiger partial charge in [-0.05, 0) is 91.8 Å². The molecule has 1 saturated heterocycles. The summed E-state index contributed by atoms with van der Waals surface area (Å²) in [6.45, 7) is 1.85. The molecule has 4 rings (SSSR count). The molecule has 0 saturated carbocycles. The Hall–Kier alpha value is -3.53. The van der Waals surface area contributed by atoms with Crippen LogP contribution in [0.4, 0.5) is 26.3 Å². The number of hydrogen-bond acceptors (Lipinski definition) is 3. The number of carbonyl (C=O) groups is 1. The normalized spacial score (nSPS) is 15.9. The first-order chi connectivity index (χ1) is 19.4. The minimum absolute atomic E-state index is 0.0747. The van der Waals surface area contributed by atoms with Gasteiger partial charge in [-0.1, -0.05) is 42.5 Å². The van der Waals surface area contributed by atoms with Crippen molar-refractivity contribution >= 4 is 5.91 Å². The summed E-state index contributed by atoms with van der Waals surface area (Å²) < 4.78 is 85.0. The first-order valence-corrected chi connectivity index (χ1v) is 13.4. The van der Waals surface area contributed by atoms with Gasteiger partial charge in [-0.25, -0.2) is 0 Å². The van der Waals surface area contributed by atoms with Crippen molar-refractivity contribution in [1.82, 2.24) is 10.2 Å². The van der Waals surface area contributed by atoms with E-state index in [0.29, 0.717) is 42.3 Å². The van der Waals surface area contributed by atoms with Gasteiger partial charge in [-0.2, -0.15) is 26.3 Å². The molecular weight excluding hydrogens is 546 g/mol.